The first kappa shape index (κ1) is 28.1. The Kier molecular flexibility index (Phi) is 8.50. The van der Waals surface area contributed by atoms with Crippen LogP contribution in [0, 0.1) is 0 Å². The van der Waals surface area contributed by atoms with Crippen LogP contribution in [0.4, 0.5) is 4.79 Å². The SMILES string of the molecule is CCCCC1CN(C(=O)C2(NC(=O)OC(C)(C)C)CCCCC2)Cc2c1nc(-c1ccc(Cl)cc1)[nH]c2=O. The highest BCUT2D eigenvalue weighted by atomic mass is 35.5. The topological polar surface area (TPSA) is 104 Å². The lowest BCUT2D eigenvalue weighted by Gasteiger charge is -2.43. The second kappa shape index (κ2) is 11.5. The summed E-state index contributed by atoms with van der Waals surface area (Å²) < 4.78 is 5.52. The van der Waals surface area contributed by atoms with Crippen LogP contribution in [-0.4, -0.2) is 44.6 Å². The van der Waals surface area contributed by atoms with Gasteiger partial charge in [0.15, 0.2) is 0 Å². The predicted octanol–water partition coefficient (Wildman–Crippen LogP) is 5.93. The number of hydrogen-bond donors (Lipinski definition) is 2. The minimum Gasteiger partial charge on any atom is -0.444 e. The molecule has 2 amide bonds. The third-order valence-corrected chi connectivity index (χ3v) is 7.64. The van der Waals surface area contributed by atoms with Gasteiger partial charge in [0.1, 0.15) is 17.0 Å². The van der Waals surface area contributed by atoms with Gasteiger partial charge < -0.3 is 19.9 Å². The standard InChI is InChI=1S/C29H39ClN4O4/c1-5-6-10-20-17-34(26(36)29(15-8-7-9-16-29)33-27(37)38-28(2,3)4)18-22-23(20)31-24(32-25(22)35)19-11-13-21(30)14-12-19/h11-14,20H,5-10,15-18H2,1-4H3,(H,33,37)(H,31,32,35). The average Bonchev–Trinajstić information content (AvgIpc) is 2.86. The van der Waals surface area contributed by atoms with Crippen molar-refractivity contribution >= 4 is 23.6 Å². The van der Waals surface area contributed by atoms with E-state index in [1.165, 1.54) is 0 Å². The summed E-state index contributed by atoms with van der Waals surface area (Å²) in [5.41, 5.74) is 0.123. The van der Waals surface area contributed by atoms with Crippen molar-refractivity contribution in [2.45, 2.75) is 103 Å². The molecule has 2 aliphatic rings. The zero-order chi connectivity index (χ0) is 27.5. The molecule has 1 aromatic heterocycles. The van der Waals surface area contributed by atoms with Crippen LogP contribution in [0.25, 0.3) is 11.4 Å². The van der Waals surface area contributed by atoms with E-state index in [0.717, 1.165) is 49.8 Å². The van der Waals surface area contributed by atoms with E-state index in [-0.39, 0.29) is 23.9 Å². The Morgan fingerprint density at radius 2 is 1.87 bits per heavy atom. The van der Waals surface area contributed by atoms with Gasteiger partial charge in [-0.25, -0.2) is 9.78 Å². The van der Waals surface area contributed by atoms with Gasteiger partial charge in [-0.2, -0.15) is 0 Å². The number of benzene rings is 1. The summed E-state index contributed by atoms with van der Waals surface area (Å²) >= 11 is 6.05. The number of rotatable bonds is 6. The second-order valence-corrected chi connectivity index (χ2v) is 12.0. The largest absolute Gasteiger partial charge is 0.444 e. The molecule has 4 rings (SSSR count). The first-order valence-corrected chi connectivity index (χ1v) is 14.1. The maximum atomic E-state index is 14.1. The molecule has 1 fully saturated rings. The van der Waals surface area contributed by atoms with E-state index in [0.29, 0.717) is 35.8 Å². The van der Waals surface area contributed by atoms with Crippen LogP contribution in [0.2, 0.25) is 5.02 Å². The molecule has 9 heteroatoms. The van der Waals surface area contributed by atoms with Gasteiger partial charge in [0, 0.05) is 23.0 Å². The van der Waals surface area contributed by atoms with Gasteiger partial charge in [0.2, 0.25) is 5.91 Å². The first-order valence-electron chi connectivity index (χ1n) is 13.7. The maximum absolute atomic E-state index is 14.1. The number of fused-ring (bicyclic) bond motifs is 1. The molecule has 0 bridgehead atoms. The number of amides is 2. The number of nitrogens with one attached hydrogen (secondary N) is 2. The zero-order valence-electron chi connectivity index (χ0n) is 22.9. The summed E-state index contributed by atoms with van der Waals surface area (Å²) in [4.78, 5) is 49.9. The molecule has 0 radical (unpaired) electrons. The average molecular weight is 543 g/mol. The van der Waals surface area contributed by atoms with E-state index in [1.807, 2.05) is 12.1 Å². The number of carbonyl (C=O) groups excluding carboxylic acids is 2. The molecule has 1 aliphatic carbocycles. The minimum absolute atomic E-state index is 0.0711. The summed E-state index contributed by atoms with van der Waals surface area (Å²) in [5.74, 6) is 0.289. The van der Waals surface area contributed by atoms with Gasteiger partial charge in [-0.15, -0.1) is 0 Å². The number of aromatic amines is 1. The molecule has 2 heterocycles. The molecule has 1 unspecified atom stereocenters. The number of alkyl carbamates (subject to hydrolysis) is 1. The summed E-state index contributed by atoms with van der Waals surface area (Å²) in [6.07, 6.45) is 6.00. The zero-order valence-corrected chi connectivity index (χ0v) is 23.6. The van der Waals surface area contributed by atoms with Crippen LogP contribution in [0.3, 0.4) is 0 Å². The fourth-order valence-electron chi connectivity index (χ4n) is 5.54. The predicted molar refractivity (Wildman–Crippen MR) is 148 cm³/mol. The molecule has 0 saturated heterocycles. The summed E-state index contributed by atoms with van der Waals surface area (Å²) in [7, 11) is 0. The van der Waals surface area contributed by atoms with Crippen LogP contribution >= 0.6 is 11.6 Å². The number of halogens is 1. The van der Waals surface area contributed by atoms with Crippen molar-refractivity contribution in [3.8, 4) is 11.4 Å². The fourth-order valence-corrected chi connectivity index (χ4v) is 5.67. The number of unbranched alkanes of at least 4 members (excludes halogenated alkanes) is 1. The summed E-state index contributed by atoms with van der Waals surface area (Å²) in [6, 6.07) is 7.21. The summed E-state index contributed by atoms with van der Waals surface area (Å²) in [6.45, 7) is 8.16. The highest BCUT2D eigenvalue weighted by molar-refractivity contribution is 6.30. The molecule has 1 atom stereocenters. The molecular formula is C29H39ClN4O4. The Morgan fingerprint density at radius 1 is 1.18 bits per heavy atom. The van der Waals surface area contributed by atoms with E-state index in [9.17, 15) is 14.4 Å². The molecule has 1 aliphatic heterocycles. The van der Waals surface area contributed by atoms with Crippen molar-refractivity contribution < 1.29 is 14.3 Å². The van der Waals surface area contributed by atoms with Gasteiger partial charge in [0.05, 0.1) is 17.8 Å². The van der Waals surface area contributed by atoms with Gasteiger partial charge in [-0.05, 0) is 64.3 Å². The first-order chi connectivity index (χ1) is 18.0. The van der Waals surface area contributed by atoms with E-state index in [1.54, 1.807) is 37.8 Å². The van der Waals surface area contributed by atoms with Gasteiger partial charge in [0.25, 0.3) is 5.56 Å². The number of H-pyrrole nitrogens is 1. The van der Waals surface area contributed by atoms with Crippen LogP contribution in [0.15, 0.2) is 29.1 Å². The van der Waals surface area contributed by atoms with Crippen LogP contribution in [-0.2, 0) is 16.1 Å². The third kappa shape index (κ3) is 6.40. The molecule has 1 aromatic carbocycles. The Morgan fingerprint density at radius 3 is 2.50 bits per heavy atom. The fraction of sp³-hybridized carbons (Fsp3) is 0.586. The second-order valence-electron chi connectivity index (χ2n) is 11.6. The summed E-state index contributed by atoms with van der Waals surface area (Å²) in [5, 5.41) is 3.56. The maximum Gasteiger partial charge on any atom is 0.408 e. The number of aromatic nitrogens is 2. The van der Waals surface area contributed by atoms with Crippen molar-refractivity contribution in [2.24, 2.45) is 0 Å². The molecule has 2 aromatic rings. The molecule has 1 saturated carbocycles. The van der Waals surface area contributed by atoms with E-state index in [2.05, 4.69) is 17.2 Å². The molecule has 38 heavy (non-hydrogen) atoms. The highest BCUT2D eigenvalue weighted by Crippen LogP contribution is 2.35. The molecule has 206 valence electrons. The Hall–Kier alpha value is -2.87. The Balaban J connectivity index is 1.66. The van der Waals surface area contributed by atoms with Gasteiger partial charge in [-0.3, -0.25) is 9.59 Å². The number of hydrogen-bond acceptors (Lipinski definition) is 5. The van der Waals surface area contributed by atoms with E-state index >= 15 is 0 Å². The lowest BCUT2D eigenvalue weighted by Crippen LogP contribution is -2.62. The highest BCUT2D eigenvalue weighted by Gasteiger charge is 2.46. The van der Waals surface area contributed by atoms with E-state index in [4.69, 9.17) is 21.3 Å². The van der Waals surface area contributed by atoms with Crippen molar-refractivity contribution in [1.29, 1.82) is 0 Å². The van der Waals surface area contributed by atoms with Crippen molar-refractivity contribution in [2.75, 3.05) is 6.54 Å². The van der Waals surface area contributed by atoms with Gasteiger partial charge >= 0.3 is 6.09 Å². The van der Waals surface area contributed by atoms with E-state index < -0.39 is 17.2 Å². The lowest BCUT2D eigenvalue weighted by molar-refractivity contribution is -0.141. The van der Waals surface area contributed by atoms with Crippen molar-refractivity contribution in [3.05, 3.63) is 50.9 Å². The number of nitrogens with zero attached hydrogens (tertiary/aromatic N) is 2. The number of ether oxygens (including phenoxy) is 1. The molecule has 8 nitrogen and oxygen atoms in total. The van der Waals surface area contributed by atoms with Gasteiger partial charge in [-0.1, -0.05) is 50.6 Å². The van der Waals surface area contributed by atoms with Crippen molar-refractivity contribution in [3.63, 3.8) is 0 Å². The van der Waals surface area contributed by atoms with Crippen molar-refractivity contribution in [1.82, 2.24) is 20.2 Å². The number of carbonyl (C=O) groups is 2. The Labute approximate surface area is 229 Å². The third-order valence-electron chi connectivity index (χ3n) is 7.39. The quantitative estimate of drug-likeness (QED) is 0.470. The van der Waals surface area contributed by atoms with Crippen LogP contribution in [0.1, 0.15) is 96.2 Å². The minimum atomic E-state index is -1.03. The smallest absolute Gasteiger partial charge is 0.408 e. The van der Waals surface area contributed by atoms with Crippen LogP contribution < -0.4 is 10.9 Å². The normalized spacial score (nSPS) is 19.0. The van der Waals surface area contributed by atoms with Crippen LogP contribution in [0.5, 0.6) is 0 Å². The molecular weight excluding hydrogens is 504 g/mol. The lowest BCUT2D eigenvalue weighted by atomic mass is 9.79. The molecule has 0 spiro atoms. The Bertz CT molecular complexity index is 1210. The monoisotopic (exact) mass is 542 g/mol. The molecule has 2 N–H and O–H groups in total.